The second-order valence-corrected chi connectivity index (χ2v) is 3.52. The third-order valence-corrected chi connectivity index (χ3v) is 2.17. The molecule has 1 fully saturated rings. The Morgan fingerprint density at radius 2 is 1.87 bits per heavy atom. The summed E-state index contributed by atoms with van der Waals surface area (Å²) in [6.07, 6.45) is -6.24. The van der Waals surface area contributed by atoms with Gasteiger partial charge in [-0.3, -0.25) is 0 Å². The van der Waals surface area contributed by atoms with E-state index in [1.54, 1.807) is 6.92 Å². The van der Waals surface area contributed by atoms with Crippen molar-refractivity contribution in [3.05, 3.63) is 12.3 Å². The van der Waals surface area contributed by atoms with E-state index in [1.165, 1.54) is 0 Å². The Labute approximate surface area is 87.4 Å². The van der Waals surface area contributed by atoms with Crippen molar-refractivity contribution in [2.24, 2.45) is 0 Å². The molecule has 0 aromatic carbocycles. The minimum absolute atomic E-state index is 0.305. The largest absolute Gasteiger partial charge is 0.467 e. The molecule has 5 unspecified atom stereocenters. The van der Waals surface area contributed by atoms with Gasteiger partial charge in [0.1, 0.15) is 24.4 Å². The number of hydrogen-bond donors (Lipinski definition) is 4. The molecule has 0 spiro atoms. The summed E-state index contributed by atoms with van der Waals surface area (Å²) in [5.41, 5.74) is 0. The van der Waals surface area contributed by atoms with Crippen LogP contribution in [-0.2, 0) is 9.47 Å². The van der Waals surface area contributed by atoms with Crippen LogP contribution in [0.15, 0.2) is 12.3 Å². The summed E-state index contributed by atoms with van der Waals surface area (Å²) < 4.78 is 10.1. The van der Waals surface area contributed by atoms with Gasteiger partial charge in [-0.2, -0.15) is 0 Å². The van der Waals surface area contributed by atoms with Gasteiger partial charge in [-0.05, 0) is 6.92 Å². The van der Waals surface area contributed by atoms with E-state index in [4.69, 9.17) is 14.6 Å². The van der Waals surface area contributed by atoms with Crippen LogP contribution in [0.25, 0.3) is 0 Å². The van der Waals surface area contributed by atoms with Gasteiger partial charge in [0, 0.05) is 0 Å². The van der Waals surface area contributed by atoms with E-state index in [-0.39, 0.29) is 0 Å². The molecule has 1 rings (SSSR count). The van der Waals surface area contributed by atoms with E-state index < -0.39 is 37.3 Å². The van der Waals surface area contributed by atoms with Gasteiger partial charge >= 0.3 is 0 Å². The molecular formula is C9H16O6. The molecule has 4 N–H and O–H groups in total. The number of aliphatic hydroxyl groups excluding tert-OH is 4. The van der Waals surface area contributed by atoms with Gasteiger partial charge in [-0.1, -0.05) is 6.58 Å². The summed E-state index contributed by atoms with van der Waals surface area (Å²) in [6.45, 7) is 4.54. The van der Waals surface area contributed by atoms with Gasteiger partial charge in [-0.15, -0.1) is 0 Å². The summed E-state index contributed by atoms with van der Waals surface area (Å²) >= 11 is 0. The number of ether oxygens (including phenoxy) is 2. The third kappa shape index (κ3) is 2.67. The van der Waals surface area contributed by atoms with Gasteiger partial charge in [0.15, 0.2) is 0 Å². The molecule has 1 heterocycles. The zero-order valence-corrected chi connectivity index (χ0v) is 8.41. The van der Waals surface area contributed by atoms with Crippen LogP contribution in [0.3, 0.4) is 0 Å². The third-order valence-electron chi connectivity index (χ3n) is 2.17. The first kappa shape index (κ1) is 12.4. The van der Waals surface area contributed by atoms with Crippen molar-refractivity contribution >= 4 is 0 Å². The van der Waals surface area contributed by atoms with E-state index in [2.05, 4.69) is 6.58 Å². The van der Waals surface area contributed by atoms with Crippen LogP contribution in [0, 0.1) is 0 Å². The fourth-order valence-corrected chi connectivity index (χ4v) is 1.36. The highest BCUT2D eigenvalue weighted by Crippen LogP contribution is 2.22. The van der Waals surface area contributed by atoms with Crippen LogP contribution < -0.4 is 0 Å². The monoisotopic (exact) mass is 220 g/mol. The van der Waals surface area contributed by atoms with Crippen LogP contribution in [0.1, 0.15) is 6.92 Å². The maximum absolute atomic E-state index is 9.49. The van der Waals surface area contributed by atoms with Crippen molar-refractivity contribution in [2.45, 2.75) is 37.6 Å². The molecule has 0 aliphatic carbocycles. The van der Waals surface area contributed by atoms with Crippen molar-refractivity contribution in [1.82, 2.24) is 0 Å². The average Bonchev–Trinajstić information content (AvgIpc) is 2.18. The summed E-state index contributed by atoms with van der Waals surface area (Å²) in [6, 6.07) is 0. The van der Waals surface area contributed by atoms with E-state index >= 15 is 0 Å². The minimum atomic E-state index is -1.42. The molecule has 6 heteroatoms. The Morgan fingerprint density at radius 1 is 1.27 bits per heavy atom. The van der Waals surface area contributed by atoms with Gasteiger partial charge < -0.3 is 29.9 Å². The Hall–Kier alpha value is -0.660. The first-order valence-corrected chi connectivity index (χ1v) is 4.60. The predicted molar refractivity (Wildman–Crippen MR) is 49.7 cm³/mol. The highest BCUT2D eigenvalue weighted by Gasteiger charge is 2.44. The van der Waals surface area contributed by atoms with Gasteiger partial charge in [-0.25, -0.2) is 0 Å². The van der Waals surface area contributed by atoms with E-state index in [0.717, 1.165) is 0 Å². The van der Waals surface area contributed by atoms with Gasteiger partial charge in [0.05, 0.1) is 12.4 Å². The fourth-order valence-electron chi connectivity index (χ4n) is 1.36. The van der Waals surface area contributed by atoms with Crippen LogP contribution in [-0.4, -0.2) is 57.7 Å². The van der Waals surface area contributed by atoms with Crippen molar-refractivity contribution in [1.29, 1.82) is 0 Å². The number of hydrogen-bond acceptors (Lipinski definition) is 6. The Kier molecular flexibility index (Phi) is 4.06. The van der Waals surface area contributed by atoms with Crippen molar-refractivity contribution in [3.8, 4) is 0 Å². The molecule has 1 aliphatic heterocycles. The molecule has 6 nitrogen and oxygen atoms in total. The van der Waals surface area contributed by atoms with Crippen molar-refractivity contribution in [3.63, 3.8) is 0 Å². The molecule has 0 amide bonds. The quantitative estimate of drug-likeness (QED) is 0.425. The smallest absolute Gasteiger partial charge is 0.228 e. The first-order valence-electron chi connectivity index (χ1n) is 4.60. The lowest BCUT2D eigenvalue weighted by Crippen LogP contribution is -2.59. The first-order chi connectivity index (χ1) is 6.97. The molecular weight excluding hydrogens is 204 g/mol. The standard InChI is InChI=1S/C9H16O6/c1-4(2)14-9-8(13)7(12)6(11)5(3-10)15-9/h5-13H,1,3H2,2H3. The Balaban J connectivity index is 2.69. The molecule has 15 heavy (non-hydrogen) atoms. The summed E-state index contributed by atoms with van der Waals surface area (Å²) in [4.78, 5) is 0. The maximum atomic E-state index is 9.49. The minimum Gasteiger partial charge on any atom is -0.467 e. The summed E-state index contributed by atoms with van der Waals surface area (Å²) in [7, 11) is 0. The lowest BCUT2D eigenvalue weighted by molar-refractivity contribution is -0.291. The molecule has 0 saturated carbocycles. The molecule has 5 atom stereocenters. The highest BCUT2D eigenvalue weighted by molar-refractivity contribution is 4.90. The molecule has 0 aromatic rings. The van der Waals surface area contributed by atoms with E-state index in [0.29, 0.717) is 5.76 Å². The van der Waals surface area contributed by atoms with Crippen LogP contribution in [0.4, 0.5) is 0 Å². The molecule has 88 valence electrons. The number of aliphatic hydroxyl groups is 4. The van der Waals surface area contributed by atoms with Gasteiger partial charge in [0.2, 0.25) is 6.29 Å². The second kappa shape index (κ2) is 4.91. The van der Waals surface area contributed by atoms with Crippen LogP contribution in [0.5, 0.6) is 0 Å². The summed E-state index contributed by atoms with van der Waals surface area (Å²) in [5.74, 6) is 0.305. The van der Waals surface area contributed by atoms with E-state index in [1.807, 2.05) is 0 Å². The maximum Gasteiger partial charge on any atom is 0.228 e. The van der Waals surface area contributed by atoms with E-state index in [9.17, 15) is 15.3 Å². The second-order valence-electron chi connectivity index (χ2n) is 3.52. The van der Waals surface area contributed by atoms with Crippen molar-refractivity contribution in [2.75, 3.05) is 6.61 Å². The topological polar surface area (TPSA) is 99.4 Å². The normalized spacial score (nSPS) is 41.3. The SMILES string of the molecule is C=C(C)OC1OC(CO)C(O)C(O)C1O. The Bertz CT molecular complexity index is 229. The van der Waals surface area contributed by atoms with Crippen molar-refractivity contribution < 1.29 is 29.9 Å². The zero-order valence-electron chi connectivity index (χ0n) is 8.41. The molecule has 0 aromatic heterocycles. The van der Waals surface area contributed by atoms with Gasteiger partial charge in [0.25, 0.3) is 0 Å². The zero-order chi connectivity index (χ0) is 11.6. The fraction of sp³-hybridized carbons (Fsp3) is 0.778. The molecule has 1 aliphatic rings. The number of allylic oxidation sites excluding steroid dienone is 1. The van der Waals surface area contributed by atoms with Crippen LogP contribution in [0.2, 0.25) is 0 Å². The summed E-state index contributed by atoms with van der Waals surface area (Å²) in [5, 5.41) is 37.2. The molecule has 0 bridgehead atoms. The molecule has 1 saturated heterocycles. The average molecular weight is 220 g/mol. The highest BCUT2D eigenvalue weighted by atomic mass is 16.7. The lowest BCUT2D eigenvalue weighted by Gasteiger charge is -2.39. The predicted octanol–water partition coefficient (Wildman–Crippen LogP) is -1.66. The number of rotatable bonds is 3. The molecule has 0 radical (unpaired) electrons. The van der Waals surface area contributed by atoms with Crippen LogP contribution >= 0.6 is 0 Å². The Morgan fingerprint density at radius 3 is 2.33 bits per heavy atom. The lowest BCUT2D eigenvalue weighted by atomic mass is 9.99.